The Hall–Kier alpha value is -1.02. The molecule has 0 saturated heterocycles. The maximum absolute atomic E-state index is 12.1. The maximum atomic E-state index is 12.1. The normalized spacial score (nSPS) is 15.6. The molecule has 0 unspecified atom stereocenters. The fraction of sp³-hybridized carbons (Fsp3) is 0.643. The zero-order valence-corrected chi connectivity index (χ0v) is 13.5. The SMILES string of the molecule is Cc1cnccc1CNS(=O)(=O)N(C)CCCNC1CC1. The van der Waals surface area contributed by atoms with Crippen LogP contribution in [-0.2, 0) is 16.8 Å². The molecule has 0 radical (unpaired) electrons. The van der Waals surface area contributed by atoms with Gasteiger partial charge in [0.05, 0.1) is 0 Å². The van der Waals surface area contributed by atoms with Crippen molar-refractivity contribution < 1.29 is 8.42 Å². The molecule has 6 nitrogen and oxygen atoms in total. The van der Waals surface area contributed by atoms with E-state index >= 15 is 0 Å². The summed E-state index contributed by atoms with van der Waals surface area (Å²) in [6.07, 6.45) is 6.73. The minimum absolute atomic E-state index is 0.293. The molecule has 1 aliphatic carbocycles. The van der Waals surface area contributed by atoms with E-state index in [1.54, 1.807) is 19.4 Å². The lowest BCUT2D eigenvalue weighted by atomic mass is 10.2. The lowest BCUT2D eigenvalue weighted by Gasteiger charge is -2.18. The molecule has 0 amide bonds. The predicted molar refractivity (Wildman–Crippen MR) is 83.0 cm³/mol. The summed E-state index contributed by atoms with van der Waals surface area (Å²) in [6, 6.07) is 2.50. The highest BCUT2D eigenvalue weighted by Crippen LogP contribution is 2.18. The fourth-order valence-electron chi connectivity index (χ4n) is 2.00. The first-order valence-electron chi connectivity index (χ1n) is 7.33. The lowest BCUT2D eigenvalue weighted by Crippen LogP contribution is -2.39. The third kappa shape index (κ3) is 5.35. The average molecular weight is 312 g/mol. The quantitative estimate of drug-likeness (QED) is 0.662. The Balaban J connectivity index is 1.75. The second-order valence-electron chi connectivity index (χ2n) is 5.53. The molecule has 1 aliphatic rings. The molecule has 2 N–H and O–H groups in total. The number of pyridine rings is 1. The van der Waals surface area contributed by atoms with Crippen molar-refractivity contribution in [2.75, 3.05) is 20.1 Å². The summed E-state index contributed by atoms with van der Waals surface area (Å²) in [5.41, 5.74) is 1.92. The van der Waals surface area contributed by atoms with Crippen molar-refractivity contribution in [1.82, 2.24) is 19.3 Å². The molecule has 1 aromatic heterocycles. The summed E-state index contributed by atoms with van der Waals surface area (Å²) in [7, 11) is -1.82. The van der Waals surface area contributed by atoms with Crippen LogP contribution in [0.4, 0.5) is 0 Å². The van der Waals surface area contributed by atoms with Gasteiger partial charge in [0, 0.05) is 38.6 Å². The van der Waals surface area contributed by atoms with E-state index < -0.39 is 10.2 Å². The van der Waals surface area contributed by atoms with Crippen LogP contribution in [0.2, 0.25) is 0 Å². The van der Waals surface area contributed by atoms with E-state index in [4.69, 9.17) is 0 Å². The number of hydrogen-bond donors (Lipinski definition) is 2. The van der Waals surface area contributed by atoms with Crippen molar-refractivity contribution >= 4 is 10.2 Å². The molecule has 2 rings (SSSR count). The van der Waals surface area contributed by atoms with Gasteiger partial charge in [0.2, 0.25) is 0 Å². The molecule has 21 heavy (non-hydrogen) atoms. The number of hydrogen-bond acceptors (Lipinski definition) is 4. The Morgan fingerprint density at radius 2 is 2.19 bits per heavy atom. The summed E-state index contributed by atoms with van der Waals surface area (Å²) < 4.78 is 28.3. The van der Waals surface area contributed by atoms with Crippen molar-refractivity contribution in [3.63, 3.8) is 0 Å². The maximum Gasteiger partial charge on any atom is 0.279 e. The van der Waals surface area contributed by atoms with E-state index in [-0.39, 0.29) is 0 Å². The van der Waals surface area contributed by atoms with Gasteiger partial charge in [-0.05, 0) is 49.9 Å². The van der Waals surface area contributed by atoms with Crippen LogP contribution < -0.4 is 10.0 Å². The molecule has 118 valence electrons. The van der Waals surface area contributed by atoms with Crippen molar-refractivity contribution in [2.24, 2.45) is 0 Å². The molecular weight excluding hydrogens is 288 g/mol. The van der Waals surface area contributed by atoms with Crippen LogP contribution in [0.15, 0.2) is 18.5 Å². The van der Waals surface area contributed by atoms with Crippen molar-refractivity contribution in [3.05, 3.63) is 29.6 Å². The molecule has 0 aromatic carbocycles. The number of aromatic nitrogens is 1. The molecule has 0 aliphatic heterocycles. The highest BCUT2D eigenvalue weighted by Gasteiger charge is 2.20. The van der Waals surface area contributed by atoms with Gasteiger partial charge in [-0.1, -0.05) is 0 Å². The molecule has 1 saturated carbocycles. The van der Waals surface area contributed by atoms with Crippen LogP contribution >= 0.6 is 0 Å². The van der Waals surface area contributed by atoms with Gasteiger partial charge in [-0.15, -0.1) is 0 Å². The van der Waals surface area contributed by atoms with Crippen molar-refractivity contribution in [3.8, 4) is 0 Å². The first kappa shape index (κ1) is 16.4. The summed E-state index contributed by atoms with van der Waals surface area (Å²) in [5, 5.41) is 3.38. The van der Waals surface area contributed by atoms with Crippen LogP contribution in [-0.4, -0.2) is 43.9 Å². The van der Waals surface area contributed by atoms with E-state index in [9.17, 15) is 8.42 Å². The second-order valence-corrected chi connectivity index (χ2v) is 7.39. The van der Waals surface area contributed by atoms with Gasteiger partial charge in [0.1, 0.15) is 0 Å². The topological polar surface area (TPSA) is 74.3 Å². The van der Waals surface area contributed by atoms with Crippen LogP contribution in [0.25, 0.3) is 0 Å². The number of nitrogens with one attached hydrogen (secondary N) is 2. The first-order valence-corrected chi connectivity index (χ1v) is 8.77. The zero-order valence-electron chi connectivity index (χ0n) is 12.7. The Labute approximate surface area is 127 Å². The van der Waals surface area contributed by atoms with Crippen LogP contribution in [0.3, 0.4) is 0 Å². The van der Waals surface area contributed by atoms with Gasteiger partial charge in [-0.3, -0.25) is 4.98 Å². The average Bonchev–Trinajstić information content (AvgIpc) is 3.26. The molecule has 0 spiro atoms. The summed E-state index contributed by atoms with van der Waals surface area (Å²) >= 11 is 0. The van der Waals surface area contributed by atoms with E-state index in [1.807, 2.05) is 13.0 Å². The largest absolute Gasteiger partial charge is 0.314 e. The summed E-state index contributed by atoms with van der Waals surface area (Å²) in [5.74, 6) is 0. The van der Waals surface area contributed by atoms with Gasteiger partial charge in [0.25, 0.3) is 10.2 Å². The predicted octanol–water partition coefficient (Wildman–Crippen LogP) is 0.798. The fourth-order valence-corrected chi connectivity index (χ4v) is 2.92. The number of nitrogens with zero attached hydrogens (tertiary/aromatic N) is 2. The Bertz CT molecular complexity index is 558. The lowest BCUT2D eigenvalue weighted by molar-refractivity contribution is 0.444. The van der Waals surface area contributed by atoms with Crippen LogP contribution in [0, 0.1) is 6.92 Å². The van der Waals surface area contributed by atoms with E-state index in [0.717, 1.165) is 24.1 Å². The molecular formula is C14H24N4O2S. The Kier molecular flexibility index (Phi) is 5.69. The highest BCUT2D eigenvalue weighted by molar-refractivity contribution is 7.87. The Morgan fingerprint density at radius 3 is 2.86 bits per heavy atom. The molecule has 1 aromatic rings. The number of rotatable bonds is 9. The van der Waals surface area contributed by atoms with Gasteiger partial charge < -0.3 is 5.32 Å². The molecule has 0 bridgehead atoms. The molecule has 1 fully saturated rings. The monoisotopic (exact) mass is 312 g/mol. The minimum atomic E-state index is -3.43. The smallest absolute Gasteiger partial charge is 0.279 e. The highest BCUT2D eigenvalue weighted by atomic mass is 32.2. The first-order chi connectivity index (χ1) is 9.99. The van der Waals surface area contributed by atoms with Crippen molar-refractivity contribution in [2.45, 2.75) is 38.8 Å². The molecule has 7 heteroatoms. The van der Waals surface area contributed by atoms with E-state index in [2.05, 4.69) is 15.0 Å². The Morgan fingerprint density at radius 1 is 1.43 bits per heavy atom. The van der Waals surface area contributed by atoms with Gasteiger partial charge in [-0.2, -0.15) is 17.4 Å². The third-order valence-electron chi connectivity index (χ3n) is 3.65. The standard InChI is InChI=1S/C14H24N4O2S/c1-12-10-15-8-6-13(12)11-17-21(19,20)18(2)9-3-7-16-14-4-5-14/h6,8,10,14,16-17H,3-5,7,9,11H2,1-2H3. The van der Waals surface area contributed by atoms with E-state index in [1.165, 1.54) is 17.1 Å². The zero-order chi connectivity index (χ0) is 15.3. The summed E-state index contributed by atoms with van der Waals surface area (Å²) in [6.45, 7) is 3.60. The molecule has 1 heterocycles. The van der Waals surface area contributed by atoms with Gasteiger partial charge in [-0.25, -0.2) is 0 Å². The van der Waals surface area contributed by atoms with Gasteiger partial charge in [0.15, 0.2) is 0 Å². The number of aryl methyl sites for hydroxylation is 1. The van der Waals surface area contributed by atoms with E-state index in [0.29, 0.717) is 19.1 Å². The minimum Gasteiger partial charge on any atom is -0.314 e. The second kappa shape index (κ2) is 7.31. The van der Waals surface area contributed by atoms with Crippen molar-refractivity contribution in [1.29, 1.82) is 0 Å². The van der Waals surface area contributed by atoms with Crippen LogP contribution in [0.5, 0.6) is 0 Å². The van der Waals surface area contributed by atoms with Crippen LogP contribution in [0.1, 0.15) is 30.4 Å². The molecule has 0 atom stereocenters. The third-order valence-corrected chi connectivity index (χ3v) is 5.16. The van der Waals surface area contributed by atoms with Gasteiger partial charge >= 0.3 is 0 Å². The summed E-state index contributed by atoms with van der Waals surface area (Å²) in [4.78, 5) is 4.00.